The second-order valence-electron chi connectivity index (χ2n) is 11.0. The van der Waals surface area contributed by atoms with Crippen molar-refractivity contribution in [3.63, 3.8) is 0 Å². The standard InChI is InChI=1S/C36H34Si.2CH3.Hf/c1-25(2)37(26(3)4,31-21-29-17-11-19-33(35(29)23-31)27-13-7-5-8-14-27)32-22-30-18-12-20-34(36(30)24-32)28-15-9-6-10-16-28;;;/h5-26H,1-4H3;2*1H3;/q-2;2*-1;+4. The van der Waals surface area contributed by atoms with Gasteiger partial charge in [0.2, 0.25) is 0 Å². The molecule has 0 aliphatic rings. The van der Waals surface area contributed by atoms with Crippen LogP contribution in [0, 0.1) is 14.9 Å². The molecule has 2 heteroatoms. The van der Waals surface area contributed by atoms with E-state index in [1.165, 1.54) is 43.8 Å². The smallest absolute Gasteiger partial charge is 0.358 e. The van der Waals surface area contributed by atoms with E-state index >= 15 is 0 Å². The molecule has 0 unspecified atom stereocenters. The van der Waals surface area contributed by atoms with Gasteiger partial charge in [-0.1, -0.05) is 112 Å². The Hall–Kier alpha value is -2.81. The van der Waals surface area contributed by atoms with Crippen molar-refractivity contribution in [2.24, 2.45) is 0 Å². The summed E-state index contributed by atoms with van der Waals surface area (Å²) in [5, 5.41) is 8.59. The van der Waals surface area contributed by atoms with Gasteiger partial charge < -0.3 is 14.9 Å². The Morgan fingerprint density at radius 2 is 0.875 bits per heavy atom. The molecule has 0 spiro atoms. The van der Waals surface area contributed by atoms with Gasteiger partial charge in [-0.25, -0.2) is 0 Å². The molecule has 0 N–H and O–H groups in total. The molecule has 0 saturated heterocycles. The van der Waals surface area contributed by atoms with Crippen LogP contribution in [0.4, 0.5) is 0 Å². The predicted octanol–water partition coefficient (Wildman–Crippen LogP) is 10.0. The summed E-state index contributed by atoms with van der Waals surface area (Å²) >= 11 is 0. The summed E-state index contributed by atoms with van der Waals surface area (Å²) in [5.41, 5.74) is 6.39. The number of benzene rings is 4. The van der Waals surface area contributed by atoms with Crippen LogP contribution in [0.3, 0.4) is 0 Å². The van der Waals surface area contributed by atoms with E-state index in [0.29, 0.717) is 11.1 Å². The Balaban J connectivity index is 0.00000147. The largest absolute Gasteiger partial charge is 4.00 e. The van der Waals surface area contributed by atoms with Crippen molar-refractivity contribution in [2.45, 2.75) is 38.8 Å². The van der Waals surface area contributed by atoms with E-state index in [4.69, 9.17) is 0 Å². The van der Waals surface area contributed by atoms with Crippen molar-refractivity contribution < 1.29 is 25.8 Å². The molecule has 40 heavy (non-hydrogen) atoms. The second kappa shape index (κ2) is 12.8. The number of rotatable bonds is 6. The zero-order chi connectivity index (χ0) is 25.6. The maximum atomic E-state index is 2.54. The van der Waals surface area contributed by atoms with Crippen LogP contribution in [0.1, 0.15) is 27.7 Å². The molecule has 0 saturated carbocycles. The maximum Gasteiger partial charge on any atom is 4.00 e. The second-order valence-corrected chi connectivity index (χ2v) is 16.2. The third-order valence-corrected chi connectivity index (χ3v) is 14.6. The molecule has 6 aromatic rings. The predicted molar refractivity (Wildman–Crippen MR) is 178 cm³/mol. The van der Waals surface area contributed by atoms with Crippen LogP contribution >= 0.6 is 0 Å². The van der Waals surface area contributed by atoms with Crippen LogP contribution in [0.2, 0.25) is 11.1 Å². The molecule has 0 aliphatic carbocycles. The first-order valence-electron chi connectivity index (χ1n) is 13.5. The molecular formula is C38H40HfSi. The topological polar surface area (TPSA) is 0 Å². The van der Waals surface area contributed by atoms with E-state index in [2.05, 4.69) is 149 Å². The molecule has 0 aromatic heterocycles. The molecule has 0 fully saturated rings. The van der Waals surface area contributed by atoms with Crippen molar-refractivity contribution >= 4 is 40.0 Å². The molecule has 0 atom stereocenters. The van der Waals surface area contributed by atoms with Crippen LogP contribution in [0.5, 0.6) is 0 Å². The number of hydrogen-bond acceptors (Lipinski definition) is 0. The van der Waals surface area contributed by atoms with Gasteiger partial charge in [0.25, 0.3) is 0 Å². The van der Waals surface area contributed by atoms with Gasteiger partial charge in [0.1, 0.15) is 0 Å². The Bertz CT molecular complexity index is 1540. The van der Waals surface area contributed by atoms with Gasteiger partial charge in [0, 0.05) is 0 Å². The summed E-state index contributed by atoms with van der Waals surface area (Å²) in [7, 11) is -2.12. The minimum atomic E-state index is -2.12. The summed E-state index contributed by atoms with van der Waals surface area (Å²) in [6, 6.07) is 45.3. The van der Waals surface area contributed by atoms with E-state index in [-0.39, 0.29) is 40.7 Å². The monoisotopic (exact) mass is 704 g/mol. The zero-order valence-corrected chi connectivity index (χ0v) is 29.3. The van der Waals surface area contributed by atoms with Crippen LogP contribution in [0.25, 0.3) is 43.8 Å². The molecule has 0 bridgehead atoms. The van der Waals surface area contributed by atoms with Crippen LogP contribution in [-0.4, -0.2) is 8.07 Å². The normalized spacial score (nSPS) is 11.3. The van der Waals surface area contributed by atoms with E-state index in [9.17, 15) is 0 Å². The van der Waals surface area contributed by atoms with Gasteiger partial charge in [-0.2, -0.15) is 12.1 Å². The summed E-state index contributed by atoms with van der Waals surface area (Å²) in [6.45, 7) is 9.82. The quantitative estimate of drug-likeness (QED) is 0.120. The first-order valence-corrected chi connectivity index (χ1v) is 15.7. The van der Waals surface area contributed by atoms with E-state index < -0.39 is 8.07 Å². The maximum absolute atomic E-state index is 2.54. The molecule has 6 rings (SSSR count). The minimum Gasteiger partial charge on any atom is -0.358 e. The first kappa shape index (κ1) is 31.7. The summed E-state index contributed by atoms with van der Waals surface area (Å²) in [5.74, 6) is 0. The zero-order valence-electron chi connectivity index (χ0n) is 24.7. The van der Waals surface area contributed by atoms with Crippen LogP contribution in [0.15, 0.2) is 121 Å². The number of fused-ring (bicyclic) bond motifs is 2. The fraction of sp³-hybridized carbons (Fsp3) is 0.158. The molecule has 0 amide bonds. The van der Waals surface area contributed by atoms with Crippen molar-refractivity contribution in [1.82, 2.24) is 0 Å². The van der Waals surface area contributed by atoms with Gasteiger partial charge >= 0.3 is 25.8 Å². The molecule has 0 aliphatic heterocycles. The summed E-state index contributed by atoms with van der Waals surface area (Å²) in [4.78, 5) is 0. The molecule has 200 valence electrons. The van der Waals surface area contributed by atoms with Crippen molar-refractivity contribution in [1.29, 1.82) is 0 Å². The Morgan fingerprint density at radius 1 is 0.500 bits per heavy atom. The average molecular weight is 703 g/mol. The third kappa shape index (κ3) is 5.17. The van der Waals surface area contributed by atoms with E-state index in [1.807, 2.05) is 0 Å². The molecule has 6 aromatic carbocycles. The van der Waals surface area contributed by atoms with Gasteiger partial charge in [-0.15, -0.1) is 68.3 Å². The average Bonchev–Trinajstić information content (AvgIpc) is 3.54. The van der Waals surface area contributed by atoms with Gasteiger partial charge in [-0.05, 0) is 22.2 Å². The molecule has 0 heterocycles. The van der Waals surface area contributed by atoms with Crippen molar-refractivity contribution in [2.75, 3.05) is 0 Å². The minimum absolute atomic E-state index is 0. The van der Waals surface area contributed by atoms with Gasteiger partial charge in [0.15, 0.2) is 0 Å². The molecular weight excluding hydrogens is 663 g/mol. The summed E-state index contributed by atoms with van der Waals surface area (Å²) < 4.78 is 0. The Labute approximate surface area is 261 Å². The fourth-order valence-corrected chi connectivity index (χ4v) is 12.7. The molecule has 0 radical (unpaired) electrons. The number of hydrogen-bond donors (Lipinski definition) is 0. The van der Waals surface area contributed by atoms with Crippen molar-refractivity contribution in [3.05, 3.63) is 136 Å². The Kier molecular flexibility index (Phi) is 10.1. The Morgan fingerprint density at radius 3 is 1.23 bits per heavy atom. The van der Waals surface area contributed by atoms with Gasteiger partial charge in [0.05, 0.1) is 8.07 Å². The van der Waals surface area contributed by atoms with Gasteiger partial charge in [-0.3, -0.25) is 0 Å². The molecule has 0 nitrogen and oxygen atoms in total. The fourth-order valence-electron chi connectivity index (χ4n) is 6.85. The SMILES string of the molecule is CC(C)[Si](c1cc2c(-c3ccccc3)cccc2[cH-]1)(c1cc2c(-c3ccccc3)cccc2[cH-]1)C(C)C.[CH3-].[CH3-].[Hf+4]. The summed E-state index contributed by atoms with van der Waals surface area (Å²) in [6.07, 6.45) is 0. The van der Waals surface area contributed by atoms with E-state index in [0.717, 1.165) is 0 Å². The van der Waals surface area contributed by atoms with Crippen LogP contribution < -0.4 is 10.4 Å². The van der Waals surface area contributed by atoms with Crippen LogP contribution in [-0.2, 0) is 25.8 Å². The third-order valence-electron chi connectivity index (χ3n) is 8.45. The van der Waals surface area contributed by atoms with E-state index in [1.54, 1.807) is 10.4 Å². The first-order chi connectivity index (χ1) is 18.0. The van der Waals surface area contributed by atoms with Crippen molar-refractivity contribution in [3.8, 4) is 22.3 Å².